The first-order valence-corrected chi connectivity index (χ1v) is 13.4. The van der Waals surface area contributed by atoms with E-state index >= 15 is 0 Å². The number of rotatable bonds is 6. The zero-order valence-corrected chi connectivity index (χ0v) is 19.9. The summed E-state index contributed by atoms with van der Waals surface area (Å²) in [5, 5.41) is 2.57. The summed E-state index contributed by atoms with van der Waals surface area (Å²) in [6, 6.07) is 10.0. The number of anilines is 2. The Kier molecular flexibility index (Phi) is 5.80. The summed E-state index contributed by atoms with van der Waals surface area (Å²) < 4.78 is 31.3. The van der Waals surface area contributed by atoms with Gasteiger partial charge in [-0.25, -0.2) is 8.42 Å². The molecule has 0 bridgehead atoms. The molecule has 2 saturated carbocycles. The van der Waals surface area contributed by atoms with E-state index in [4.69, 9.17) is 4.74 Å². The number of hydrogen-bond donors (Lipinski definition) is 1. The number of nitrogens with zero attached hydrogens (tertiary/aromatic N) is 2. The van der Waals surface area contributed by atoms with E-state index < -0.39 is 9.84 Å². The fourth-order valence-corrected chi connectivity index (χ4v) is 7.07. The number of sulfone groups is 1. The molecule has 1 N–H and O–H groups in total. The Labute approximate surface area is 195 Å². The molecule has 176 valence electrons. The molecule has 3 fully saturated rings. The van der Waals surface area contributed by atoms with Crippen LogP contribution in [0.2, 0.25) is 0 Å². The van der Waals surface area contributed by atoms with Gasteiger partial charge >= 0.3 is 0 Å². The second kappa shape index (κ2) is 8.63. The summed E-state index contributed by atoms with van der Waals surface area (Å²) in [4.78, 5) is 20.3. The molecule has 2 aromatic rings. The Morgan fingerprint density at radius 2 is 1.82 bits per heavy atom. The van der Waals surface area contributed by atoms with Gasteiger partial charge in [0.2, 0.25) is 5.88 Å². The van der Waals surface area contributed by atoms with E-state index in [1.54, 1.807) is 43.5 Å². The van der Waals surface area contributed by atoms with Gasteiger partial charge in [-0.05, 0) is 68.2 Å². The van der Waals surface area contributed by atoms with Crippen LogP contribution in [0.1, 0.15) is 61.7 Å². The van der Waals surface area contributed by atoms with Crippen molar-refractivity contribution < 1.29 is 17.9 Å². The van der Waals surface area contributed by atoms with Crippen LogP contribution < -0.4 is 15.0 Å². The second-order valence-corrected chi connectivity index (χ2v) is 11.9. The van der Waals surface area contributed by atoms with Crippen LogP contribution in [0.4, 0.5) is 11.5 Å². The number of carbonyl (C=O) groups is 1. The third-order valence-corrected chi connectivity index (χ3v) is 9.81. The summed E-state index contributed by atoms with van der Waals surface area (Å²) in [6.45, 7) is 1.74. The van der Waals surface area contributed by atoms with Crippen LogP contribution in [0.3, 0.4) is 0 Å². The fourth-order valence-electron chi connectivity index (χ4n) is 5.17. The van der Waals surface area contributed by atoms with Crippen LogP contribution in [0.5, 0.6) is 5.88 Å². The highest BCUT2D eigenvalue weighted by Crippen LogP contribution is 2.54. The van der Waals surface area contributed by atoms with Gasteiger partial charge in [-0.15, -0.1) is 0 Å². The Morgan fingerprint density at radius 3 is 2.48 bits per heavy atom. The molecule has 5 rings (SSSR count). The molecule has 7 nitrogen and oxygen atoms in total. The van der Waals surface area contributed by atoms with Gasteiger partial charge in [0, 0.05) is 24.8 Å². The molecule has 1 amide bonds. The quantitative estimate of drug-likeness (QED) is 0.673. The minimum Gasteiger partial charge on any atom is -0.481 e. The highest BCUT2D eigenvalue weighted by atomic mass is 32.2. The van der Waals surface area contributed by atoms with Crippen LogP contribution in [0, 0.1) is 5.41 Å². The van der Waals surface area contributed by atoms with Gasteiger partial charge in [0.15, 0.2) is 9.84 Å². The van der Waals surface area contributed by atoms with Crippen molar-refractivity contribution in [1.82, 2.24) is 4.98 Å². The third-order valence-electron chi connectivity index (χ3n) is 7.55. The SMILES string of the molecule is COc1ccc(C(=O)Nc2cccc(S(=O)(=O)C3CCCC3)c2)c(N2CCC3(CC2)CC3)n1. The highest BCUT2D eigenvalue weighted by molar-refractivity contribution is 7.92. The Balaban J connectivity index is 1.38. The molecule has 0 radical (unpaired) electrons. The summed E-state index contributed by atoms with van der Waals surface area (Å²) in [5.74, 6) is 0.789. The normalized spacial score (nSPS) is 20.1. The number of benzene rings is 1. The van der Waals surface area contributed by atoms with Crippen molar-refractivity contribution in [2.75, 3.05) is 30.4 Å². The van der Waals surface area contributed by atoms with Crippen LogP contribution >= 0.6 is 0 Å². The molecule has 2 aliphatic carbocycles. The van der Waals surface area contributed by atoms with E-state index in [1.165, 1.54) is 12.8 Å². The highest BCUT2D eigenvalue weighted by Gasteiger charge is 2.45. The topological polar surface area (TPSA) is 88.6 Å². The van der Waals surface area contributed by atoms with Crippen molar-refractivity contribution in [1.29, 1.82) is 0 Å². The smallest absolute Gasteiger partial charge is 0.259 e. The number of hydrogen-bond acceptors (Lipinski definition) is 6. The maximum Gasteiger partial charge on any atom is 0.259 e. The maximum atomic E-state index is 13.3. The molecular formula is C25H31N3O4S. The van der Waals surface area contributed by atoms with Gasteiger partial charge in [0.1, 0.15) is 5.82 Å². The van der Waals surface area contributed by atoms with E-state index in [2.05, 4.69) is 15.2 Å². The molecule has 0 unspecified atom stereocenters. The molecule has 8 heteroatoms. The predicted octanol–water partition coefficient (Wildman–Crippen LogP) is 4.44. The van der Waals surface area contributed by atoms with Gasteiger partial charge in [-0.2, -0.15) is 4.98 Å². The van der Waals surface area contributed by atoms with Crippen LogP contribution in [0.15, 0.2) is 41.3 Å². The summed E-state index contributed by atoms with van der Waals surface area (Å²) in [7, 11) is -1.82. The number of pyridine rings is 1. The predicted molar refractivity (Wildman–Crippen MR) is 128 cm³/mol. The van der Waals surface area contributed by atoms with Crippen molar-refractivity contribution >= 4 is 27.2 Å². The zero-order valence-electron chi connectivity index (χ0n) is 19.0. The monoisotopic (exact) mass is 469 g/mol. The lowest BCUT2D eigenvalue weighted by molar-refractivity contribution is 0.102. The van der Waals surface area contributed by atoms with Gasteiger partial charge in [-0.3, -0.25) is 4.79 Å². The summed E-state index contributed by atoms with van der Waals surface area (Å²) >= 11 is 0. The van der Waals surface area contributed by atoms with E-state index in [9.17, 15) is 13.2 Å². The number of amides is 1. The van der Waals surface area contributed by atoms with Crippen molar-refractivity contribution in [3.05, 3.63) is 42.0 Å². The number of carbonyl (C=O) groups excluding carboxylic acids is 1. The molecule has 2 heterocycles. The minimum atomic E-state index is -3.39. The van der Waals surface area contributed by atoms with Crippen LogP contribution in [-0.2, 0) is 9.84 Å². The molecule has 1 spiro atoms. The number of nitrogens with one attached hydrogen (secondary N) is 1. The average molecular weight is 470 g/mol. The van der Waals surface area contributed by atoms with E-state index in [1.807, 2.05) is 0 Å². The Hall–Kier alpha value is -2.61. The molecular weight excluding hydrogens is 438 g/mol. The van der Waals surface area contributed by atoms with Gasteiger partial charge in [0.05, 0.1) is 22.8 Å². The second-order valence-electron chi connectivity index (χ2n) is 9.65. The molecule has 1 saturated heterocycles. The molecule has 0 atom stereocenters. The van der Waals surface area contributed by atoms with E-state index in [0.717, 1.165) is 38.8 Å². The van der Waals surface area contributed by atoms with Gasteiger partial charge < -0.3 is 15.0 Å². The molecule has 1 aromatic carbocycles. The molecule has 1 aliphatic heterocycles. The lowest BCUT2D eigenvalue weighted by Gasteiger charge is -2.34. The summed E-state index contributed by atoms with van der Waals surface area (Å²) in [6.07, 6.45) is 8.16. The van der Waals surface area contributed by atoms with E-state index in [-0.39, 0.29) is 16.1 Å². The maximum absolute atomic E-state index is 13.3. The lowest BCUT2D eigenvalue weighted by Crippen LogP contribution is -2.36. The molecule has 3 aliphatic rings. The van der Waals surface area contributed by atoms with Crippen molar-refractivity contribution in [3.63, 3.8) is 0 Å². The zero-order chi connectivity index (χ0) is 23.1. The standard InChI is InChI=1S/C25H31N3O4S/c1-32-22-10-9-21(23(27-22)28-15-13-25(11-12-25)14-16-28)24(29)26-18-5-4-8-20(17-18)33(30,31)19-6-2-3-7-19/h4-5,8-10,17,19H,2-3,6-7,11-16H2,1H3,(H,26,29). The number of ether oxygens (including phenoxy) is 1. The third kappa shape index (κ3) is 4.45. The fraction of sp³-hybridized carbons (Fsp3) is 0.520. The Morgan fingerprint density at radius 1 is 1.09 bits per heavy atom. The van der Waals surface area contributed by atoms with Crippen molar-refractivity contribution in [2.45, 2.75) is 61.5 Å². The summed E-state index contributed by atoms with van der Waals surface area (Å²) in [5.41, 5.74) is 1.45. The van der Waals surface area contributed by atoms with E-state index in [0.29, 0.717) is 41.2 Å². The molecule has 33 heavy (non-hydrogen) atoms. The number of aromatic nitrogens is 1. The van der Waals surface area contributed by atoms with Crippen LogP contribution in [-0.4, -0.2) is 44.8 Å². The minimum absolute atomic E-state index is 0.269. The number of methoxy groups -OCH3 is 1. The Bertz CT molecular complexity index is 1140. The first-order chi connectivity index (χ1) is 15.9. The lowest BCUT2D eigenvalue weighted by atomic mass is 9.93. The van der Waals surface area contributed by atoms with Crippen molar-refractivity contribution in [3.8, 4) is 5.88 Å². The van der Waals surface area contributed by atoms with Gasteiger partial charge in [-0.1, -0.05) is 18.9 Å². The largest absolute Gasteiger partial charge is 0.481 e. The number of piperidine rings is 1. The first-order valence-electron chi connectivity index (χ1n) is 11.9. The van der Waals surface area contributed by atoms with Gasteiger partial charge in [0.25, 0.3) is 5.91 Å². The average Bonchev–Trinajstić information content (AvgIpc) is 3.34. The van der Waals surface area contributed by atoms with Crippen molar-refractivity contribution in [2.24, 2.45) is 5.41 Å². The first kappa shape index (κ1) is 22.2. The van der Waals surface area contributed by atoms with Crippen LogP contribution in [0.25, 0.3) is 0 Å². The molecule has 1 aromatic heterocycles.